The highest BCUT2D eigenvalue weighted by Gasteiger charge is 2.35. The maximum absolute atomic E-state index is 4.81. The molecule has 0 saturated carbocycles. The second-order valence-corrected chi connectivity index (χ2v) is 11.5. The highest BCUT2D eigenvalue weighted by molar-refractivity contribution is 7.08. The first-order valence-corrected chi connectivity index (χ1v) is 10.0. The average molecular weight is 265 g/mol. The van der Waals surface area contributed by atoms with E-state index < -0.39 is 8.24 Å². The molecule has 0 unspecified atom stereocenters. The number of rotatable bonds is 3. The van der Waals surface area contributed by atoms with E-state index in [1.165, 1.54) is 11.1 Å². The van der Waals surface area contributed by atoms with Gasteiger partial charge in [-0.1, -0.05) is 27.7 Å². The predicted octanol–water partition coefficient (Wildman–Crippen LogP) is 5.22. The second kappa shape index (κ2) is 5.34. The van der Waals surface area contributed by atoms with Gasteiger partial charge in [0.25, 0.3) is 0 Å². The summed E-state index contributed by atoms with van der Waals surface area (Å²) in [5, 5.41) is 4.57. The van der Waals surface area contributed by atoms with Crippen molar-refractivity contribution in [2.45, 2.75) is 52.2 Å². The molecule has 94 valence electrons. The van der Waals surface area contributed by atoms with Crippen LogP contribution in [0.15, 0.2) is 21.5 Å². The molecule has 0 saturated heterocycles. The van der Waals surface area contributed by atoms with Crippen LogP contribution in [-0.4, -0.2) is 14.1 Å². The topological polar surface area (TPSA) is 12.4 Å². The maximum atomic E-state index is 4.81. The van der Waals surface area contributed by atoms with Crippen molar-refractivity contribution in [3.05, 3.63) is 22.4 Å². The molecule has 0 fully saturated rings. The molecular weight excluding hydrogens is 242 g/mol. The van der Waals surface area contributed by atoms with Crippen LogP contribution in [0.2, 0.25) is 18.1 Å². The molecule has 0 radical (unpaired) electrons. The Bertz CT molecular complexity index is 418. The van der Waals surface area contributed by atoms with Gasteiger partial charge in [-0.3, -0.25) is 4.66 Å². The zero-order chi connectivity index (χ0) is 13.1. The molecule has 0 aliphatic rings. The van der Waals surface area contributed by atoms with E-state index in [-0.39, 0.29) is 5.04 Å². The van der Waals surface area contributed by atoms with Gasteiger partial charge in [0.05, 0.1) is 0 Å². The molecule has 3 heteroatoms. The standard InChI is InChI=1S/C14H23NSSi/c1-7-12(13-8-9-16-11-13)10-15-17(5,6)14(2,3)4/h8-9,11H,7H2,1-6H3. The van der Waals surface area contributed by atoms with Crippen molar-refractivity contribution in [3.63, 3.8) is 0 Å². The van der Waals surface area contributed by atoms with E-state index in [0.717, 1.165) is 6.42 Å². The number of nitrogens with zero attached hydrogens (tertiary/aromatic N) is 1. The van der Waals surface area contributed by atoms with Gasteiger partial charge < -0.3 is 0 Å². The molecule has 1 nitrogen and oxygen atoms in total. The first kappa shape index (κ1) is 14.4. The number of allylic oxidation sites excluding steroid dienone is 1. The monoisotopic (exact) mass is 265 g/mol. The highest BCUT2D eigenvalue weighted by Crippen LogP contribution is 2.36. The number of thiophene rings is 1. The van der Waals surface area contributed by atoms with E-state index in [0.29, 0.717) is 0 Å². The summed E-state index contributed by atoms with van der Waals surface area (Å²) in [6.45, 7) is 13.6. The van der Waals surface area contributed by atoms with E-state index in [1.54, 1.807) is 11.3 Å². The summed E-state index contributed by atoms with van der Waals surface area (Å²) >= 11 is 1.73. The molecule has 17 heavy (non-hydrogen) atoms. The summed E-state index contributed by atoms with van der Waals surface area (Å²) in [6, 6.07) is 2.15. The summed E-state index contributed by atoms with van der Waals surface area (Å²) < 4.78 is 4.81. The van der Waals surface area contributed by atoms with Crippen LogP contribution in [0, 0.1) is 0 Å². The van der Waals surface area contributed by atoms with Crippen molar-refractivity contribution in [1.29, 1.82) is 0 Å². The number of hydrogen-bond acceptors (Lipinski definition) is 2. The van der Waals surface area contributed by atoms with Crippen LogP contribution in [0.1, 0.15) is 39.7 Å². The van der Waals surface area contributed by atoms with Gasteiger partial charge in [-0.2, -0.15) is 11.3 Å². The van der Waals surface area contributed by atoms with Crippen molar-refractivity contribution in [2.75, 3.05) is 0 Å². The van der Waals surface area contributed by atoms with Gasteiger partial charge in [0, 0.05) is 5.57 Å². The first-order valence-electron chi connectivity index (χ1n) is 6.14. The smallest absolute Gasteiger partial charge is 0.193 e. The normalized spacial score (nSPS) is 12.1. The van der Waals surface area contributed by atoms with E-state index in [2.05, 4.69) is 63.5 Å². The van der Waals surface area contributed by atoms with Crippen LogP contribution >= 0.6 is 11.3 Å². The quantitative estimate of drug-likeness (QED) is 0.525. The zero-order valence-corrected chi connectivity index (χ0v) is 13.6. The Morgan fingerprint density at radius 3 is 2.47 bits per heavy atom. The molecule has 1 rings (SSSR count). The second-order valence-electron chi connectivity index (χ2n) is 5.88. The zero-order valence-electron chi connectivity index (χ0n) is 11.8. The highest BCUT2D eigenvalue weighted by atomic mass is 32.1. The molecule has 0 spiro atoms. The Hall–Kier alpha value is -0.633. The Morgan fingerprint density at radius 2 is 2.06 bits per heavy atom. The van der Waals surface area contributed by atoms with Crippen LogP contribution in [0.3, 0.4) is 0 Å². The molecule has 0 bridgehead atoms. The molecule has 0 N–H and O–H groups in total. The summed E-state index contributed by atoms with van der Waals surface area (Å²) in [6.07, 6.45) is 0.995. The van der Waals surface area contributed by atoms with Crippen molar-refractivity contribution < 1.29 is 0 Å². The van der Waals surface area contributed by atoms with Gasteiger partial charge in [-0.15, -0.1) is 0 Å². The minimum atomic E-state index is -1.60. The summed E-state index contributed by atoms with van der Waals surface area (Å²) in [4.78, 5) is 0. The third kappa shape index (κ3) is 3.67. The Balaban J connectivity index is 3.09. The van der Waals surface area contributed by atoms with E-state index in [4.69, 9.17) is 4.66 Å². The molecule has 0 aromatic carbocycles. The van der Waals surface area contributed by atoms with Gasteiger partial charge in [0.1, 0.15) is 0 Å². The molecule has 1 heterocycles. The fourth-order valence-corrected chi connectivity index (χ4v) is 2.58. The Labute approximate surface area is 110 Å². The van der Waals surface area contributed by atoms with Gasteiger partial charge in [-0.05, 0) is 52.8 Å². The van der Waals surface area contributed by atoms with Crippen molar-refractivity contribution in [2.24, 2.45) is 4.66 Å². The molecule has 0 aliphatic carbocycles. The lowest BCUT2D eigenvalue weighted by atomic mass is 10.1. The molecule has 0 atom stereocenters. The van der Waals surface area contributed by atoms with Crippen molar-refractivity contribution in [1.82, 2.24) is 0 Å². The summed E-state index contributed by atoms with van der Waals surface area (Å²) in [5.74, 6) is 3.33. The van der Waals surface area contributed by atoms with Gasteiger partial charge >= 0.3 is 0 Å². The van der Waals surface area contributed by atoms with Crippen LogP contribution in [0.4, 0.5) is 0 Å². The third-order valence-electron chi connectivity index (χ3n) is 3.53. The lowest BCUT2D eigenvalue weighted by Gasteiger charge is -2.31. The molecule has 0 aliphatic heterocycles. The third-order valence-corrected chi connectivity index (χ3v) is 8.55. The molecule has 1 aromatic rings. The van der Waals surface area contributed by atoms with Gasteiger partial charge in [0.15, 0.2) is 8.24 Å². The van der Waals surface area contributed by atoms with Crippen LogP contribution in [-0.2, 0) is 0 Å². The van der Waals surface area contributed by atoms with Crippen LogP contribution in [0.5, 0.6) is 0 Å². The minimum Gasteiger partial charge on any atom is -0.283 e. The minimum absolute atomic E-state index is 0.285. The predicted molar refractivity (Wildman–Crippen MR) is 82.6 cm³/mol. The fourth-order valence-electron chi connectivity index (χ4n) is 1.16. The number of hydrogen-bond donors (Lipinski definition) is 0. The Kier molecular flexibility index (Phi) is 4.53. The van der Waals surface area contributed by atoms with Crippen molar-refractivity contribution >= 4 is 31.0 Å². The van der Waals surface area contributed by atoms with Crippen LogP contribution in [0.25, 0.3) is 5.57 Å². The van der Waals surface area contributed by atoms with Crippen LogP contribution < -0.4 is 0 Å². The summed E-state index contributed by atoms with van der Waals surface area (Å²) in [7, 11) is -1.60. The van der Waals surface area contributed by atoms with Gasteiger partial charge in [-0.25, -0.2) is 0 Å². The van der Waals surface area contributed by atoms with Crippen molar-refractivity contribution in [3.8, 4) is 0 Å². The SMILES string of the molecule is CCC(=C=N[Si](C)(C)C(C)(C)C)c1ccsc1. The van der Waals surface area contributed by atoms with Gasteiger partial charge in [0.2, 0.25) is 0 Å². The summed E-state index contributed by atoms with van der Waals surface area (Å²) in [5.41, 5.74) is 2.51. The fraction of sp³-hybridized carbons (Fsp3) is 0.571. The van der Waals surface area contributed by atoms with E-state index in [9.17, 15) is 0 Å². The van der Waals surface area contributed by atoms with E-state index >= 15 is 0 Å². The molecule has 0 amide bonds. The lowest BCUT2D eigenvalue weighted by molar-refractivity contribution is 0.719. The first-order chi connectivity index (χ1) is 7.78. The Morgan fingerprint density at radius 1 is 1.41 bits per heavy atom. The molecule has 1 aromatic heterocycles. The largest absolute Gasteiger partial charge is 0.283 e. The molecular formula is C14H23NSSi. The van der Waals surface area contributed by atoms with E-state index in [1.807, 2.05) is 0 Å². The lowest BCUT2D eigenvalue weighted by Crippen LogP contribution is -2.34. The maximum Gasteiger partial charge on any atom is 0.193 e. The average Bonchev–Trinajstić information content (AvgIpc) is 2.70.